The zero-order valence-electron chi connectivity index (χ0n) is 15.4. The lowest BCUT2D eigenvalue weighted by Crippen LogP contribution is -2.99. The highest BCUT2D eigenvalue weighted by Gasteiger charge is 2.20. The number of amides is 2. The van der Waals surface area contributed by atoms with Gasteiger partial charge >= 0.3 is 0 Å². The van der Waals surface area contributed by atoms with Gasteiger partial charge < -0.3 is 33.0 Å². The van der Waals surface area contributed by atoms with Crippen LogP contribution in [0.15, 0.2) is 23.2 Å². The first-order chi connectivity index (χ1) is 12.6. The number of hydrogen-bond donors (Lipinski definition) is 7. The SMILES string of the molecule is CC(C)NC(=O)c1cc(NC(=O)C(N)CCCN=C(N)N)ccc1[NH+]([O-])O. The van der Waals surface area contributed by atoms with Gasteiger partial charge in [-0.3, -0.25) is 14.6 Å². The van der Waals surface area contributed by atoms with E-state index < -0.39 is 23.1 Å². The normalized spacial score (nSPS) is 13.0. The van der Waals surface area contributed by atoms with Crippen molar-refractivity contribution in [2.45, 2.75) is 38.8 Å². The minimum Gasteiger partial charge on any atom is -0.595 e. The summed E-state index contributed by atoms with van der Waals surface area (Å²) in [6, 6.07) is 3.00. The molecular formula is C16H27N7O4. The number of rotatable bonds is 9. The fourth-order valence-electron chi connectivity index (χ4n) is 2.22. The van der Waals surface area contributed by atoms with Crippen LogP contribution in [0.5, 0.6) is 0 Å². The number of aliphatic imine (C=N–C) groups is 1. The fourth-order valence-corrected chi connectivity index (χ4v) is 2.22. The number of carbonyl (C=O) groups excluding carboxylic acids is 2. The van der Waals surface area contributed by atoms with Gasteiger partial charge in [-0.2, -0.15) is 5.23 Å². The van der Waals surface area contributed by atoms with Crippen LogP contribution in [0.2, 0.25) is 0 Å². The number of quaternary nitrogens is 1. The molecule has 150 valence electrons. The largest absolute Gasteiger partial charge is 0.595 e. The van der Waals surface area contributed by atoms with E-state index in [2.05, 4.69) is 15.6 Å². The lowest BCUT2D eigenvalue weighted by Gasteiger charge is -2.18. The number of guanidine groups is 1. The van der Waals surface area contributed by atoms with E-state index in [0.29, 0.717) is 19.4 Å². The van der Waals surface area contributed by atoms with Crippen molar-refractivity contribution >= 4 is 29.1 Å². The van der Waals surface area contributed by atoms with E-state index in [1.807, 2.05) is 0 Å². The van der Waals surface area contributed by atoms with E-state index >= 15 is 0 Å². The van der Waals surface area contributed by atoms with Crippen LogP contribution >= 0.6 is 0 Å². The predicted octanol–water partition coefficient (Wildman–Crippen LogP) is -1.45. The molecule has 1 rings (SSSR count). The number of hydrogen-bond acceptors (Lipinski definition) is 6. The van der Waals surface area contributed by atoms with Crippen LogP contribution < -0.4 is 33.1 Å². The molecule has 0 spiro atoms. The monoisotopic (exact) mass is 381 g/mol. The van der Waals surface area contributed by atoms with Gasteiger partial charge in [0, 0.05) is 24.3 Å². The minimum atomic E-state index is -1.24. The smallest absolute Gasteiger partial charge is 0.257 e. The van der Waals surface area contributed by atoms with Crippen molar-refractivity contribution in [2.24, 2.45) is 22.2 Å². The predicted molar refractivity (Wildman–Crippen MR) is 101 cm³/mol. The second-order valence-corrected chi connectivity index (χ2v) is 6.24. The number of nitrogens with one attached hydrogen (secondary N) is 3. The molecule has 11 nitrogen and oxygen atoms in total. The van der Waals surface area contributed by atoms with Crippen LogP contribution in [0.4, 0.5) is 11.4 Å². The number of nitrogens with two attached hydrogens (primary N) is 3. The van der Waals surface area contributed by atoms with Crippen molar-refractivity contribution in [3.8, 4) is 0 Å². The molecule has 0 saturated carbocycles. The Bertz CT molecular complexity index is 687. The number of nitrogens with zero attached hydrogens (tertiary/aromatic N) is 1. The number of carbonyl (C=O) groups is 2. The summed E-state index contributed by atoms with van der Waals surface area (Å²) in [4.78, 5) is 28.2. The number of benzene rings is 1. The van der Waals surface area contributed by atoms with Crippen LogP contribution in [-0.2, 0) is 4.79 Å². The van der Waals surface area contributed by atoms with Crippen molar-refractivity contribution in [3.05, 3.63) is 29.0 Å². The second-order valence-electron chi connectivity index (χ2n) is 6.24. The molecule has 1 aromatic carbocycles. The maximum atomic E-state index is 12.2. The zero-order chi connectivity index (χ0) is 20.6. The summed E-state index contributed by atoms with van der Waals surface area (Å²) in [6.45, 7) is 3.87. The Morgan fingerprint density at radius 3 is 2.56 bits per heavy atom. The van der Waals surface area contributed by atoms with Crippen molar-refractivity contribution in [3.63, 3.8) is 0 Å². The summed E-state index contributed by atoms with van der Waals surface area (Å²) in [5, 5.41) is 24.6. The molecule has 2 unspecified atom stereocenters. The highest BCUT2D eigenvalue weighted by atomic mass is 16.8. The lowest BCUT2D eigenvalue weighted by atomic mass is 10.1. The third-order valence-corrected chi connectivity index (χ3v) is 3.49. The van der Waals surface area contributed by atoms with E-state index in [0.717, 1.165) is 0 Å². The summed E-state index contributed by atoms with van der Waals surface area (Å²) < 4.78 is 0. The first-order valence-corrected chi connectivity index (χ1v) is 8.41. The molecule has 2 amide bonds. The molecule has 2 atom stereocenters. The molecule has 0 bridgehead atoms. The summed E-state index contributed by atoms with van der Waals surface area (Å²) in [7, 11) is 0. The van der Waals surface area contributed by atoms with E-state index in [1.165, 1.54) is 18.2 Å². The molecule has 0 heterocycles. The van der Waals surface area contributed by atoms with Crippen LogP contribution in [0.1, 0.15) is 37.0 Å². The number of anilines is 1. The average molecular weight is 381 g/mol. The highest BCUT2D eigenvalue weighted by Crippen LogP contribution is 2.18. The topological polar surface area (TPSA) is 196 Å². The lowest BCUT2D eigenvalue weighted by molar-refractivity contribution is -0.991. The summed E-state index contributed by atoms with van der Waals surface area (Å²) in [5.74, 6) is -1.03. The van der Waals surface area contributed by atoms with Gasteiger partial charge in [0.25, 0.3) is 5.91 Å². The molecule has 0 aliphatic carbocycles. The van der Waals surface area contributed by atoms with Gasteiger partial charge in [-0.15, -0.1) is 0 Å². The molecule has 1 aromatic rings. The highest BCUT2D eigenvalue weighted by molar-refractivity contribution is 6.01. The van der Waals surface area contributed by atoms with E-state index in [-0.39, 0.29) is 28.9 Å². The summed E-state index contributed by atoms with van der Waals surface area (Å²) in [5.41, 5.74) is 16.3. The standard InChI is InChI=1S/C16H27N7O4/c1-9(2)21-14(24)11-8-10(5-6-13(11)23(26)27)22-15(25)12(17)4-3-7-20-16(18)19/h5-6,8-9,12,23,26H,3-4,7,17H2,1-2H3,(H,21,24)(H,22,25)(H4,18,19,20). The molecule has 0 saturated heterocycles. The second kappa shape index (κ2) is 10.4. The van der Waals surface area contributed by atoms with Crippen molar-refractivity contribution < 1.29 is 20.0 Å². The van der Waals surface area contributed by atoms with Gasteiger partial charge in [-0.05, 0) is 38.8 Å². The molecule has 10 N–H and O–H groups in total. The van der Waals surface area contributed by atoms with E-state index in [4.69, 9.17) is 17.2 Å². The van der Waals surface area contributed by atoms with Gasteiger partial charge in [-0.25, -0.2) is 5.21 Å². The molecule has 0 aromatic heterocycles. The third-order valence-electron chi connectivity index (χ3n) is 3.49. The minimum absolute atomic E-state index is 0.0289. The van der Waals surface area contributed by atoms with Gasteiger partial charge in [0.15, 0.2) is 11.6 Å². The zero-order valence-corrected chi connectivity index (χ0v) is 15.4. The van der Waals surface area contributed by atoms with Crippen molar-refractivity contribution in [1.82, 2.24) is 5.32 Å². The third kappa shape index (κ3) is 7.58. The molecule has 0 aliphatic heterocycles. The van der Waals surface area contributed by atoms with Gasteiger partial charge in [0.2, 0.25) is 5.91 Å². The van der Waals surface area contributed by atoms with E-state index in [9.17, 15) is 20.0 Å². The van der Waals surface area contributed by atoms with Gasteiger partial charge in [0.1, 0.15) is 5.56 Å². The Labute approximate surface area is 157 Å². The van der Waals surface area contributed by atoms with E-state index in [1.54, 1.807) is 13.8 Å². The Balaban J connectivity index is 2.83. The summed E-state index contributed by atoms with van der Waals surface area (Å²) >= 11 is 0. The van der Waals surface area contributed by atoms with Gasteiger partial charge in [0.05, 0.1) is 6.04 Å². The molecule has 0 aliphatic rings. The fraction of sp³-hybridized carbons (Fsp3) is 0.438. The van der Waals surface area contributed by atoms with Crippen LogP contribution in [0.25, 0.3) is 0 Å². The first kappa shape index (κ1) is 22.3. The van der Waals surface area contributed by atoms with Crippen molar-refractivity contribution in [2.75, 3.05) is 11.9 Å². The maximum absolute atomic E-state index is 12.2. The van der Waals surface area contributed by atoms with Gasteiger partial charge in [-0.1, -0.05) is 0 Å². The molecule has 0 fully saturated rings. The maximum Gasteiger partial charge on any atom is 0.257 e. The Hall–Kier alpha value is -2.73. The summed E-state index contributed by atoms with van der Waals surface area (Å²) in [6.07, 6.45) is 0.878. The van der Waals surface area contributed by atoms with Crippen LogP contribution in [0.3, 0.4) is 0 Å². The molecule has 11 heteroatoms. The van der Waals surface area contributed by atoms with Crippen molar-refractivity contribution in [1.29, 1.82) is 0 Å². The van der Waals surface area contributed by atoms with Crippen LogP contribution in [0, 0.1) is 5.21 Å². The molecule has 0 radical (unpaired) electrons. The molecular weight excluding hydrogens is 354 g/mol. The average Bonchev–Trinajstić information content (AvgIpc) is 2.57. The first-order valence-electron chi connectivity index (χ1n) is 8.41. The Morgan fingerprint density at radius 1 is 1.33 bits per heavy atom. The Morgan fingerprint density at radius 2 is 2.00 bits per heavy atom. The quantitative estimate of drug-likeness (QED) is 0.117. The molecule has 27 heavy (non-hydrogen) atoms. The van der Waals surface area contributed by atoms with Crippen LogP contribution in [-0.4, -0.2) is 41.6 Å². The Kier molecular flexibility index (Phi) is 8.62.